The predicted molar refractivity (Wildman–Crippen MR) is 83.1 cm³/mol. The van der Waals surface area contributed by atoms with Crippen LogP contribution in [0.25, 0.3) is 0 Å². The molecule has 6 heteroatoms. The molecule has 0 saturated carbocycles. The summed E-state index contributed by atoms with van der Waals surface area (Å²) in [6, 6.07) is 9.47. The molecule has 0 atom stereocenters. The van der Waals surface area contributed by atoms with Gasteiger partial charge in [-0.05, 0) is 47.5 Å². The summed E-state index contributed by atoms with van der Waals surface area (Å²) < 4.78 is 12.8. The number of benzene rings is 2. The van der Waals surface area contributed by atoms with Crippen LogP contribution < -0.4 is 11.1 Å². The summed E-state index contributed by atoms with van der Waals surface area (Å²) in [5.74, 6) is -0.779. The summed E-state index contributed by atoms with van der Waals surface area (Å²) in [7, 11) is 0. The van der Waals surface area contributed by atoms with Gasteiger partial charge in [0.05, 0.1) is 6.42 Å². The maximum atomic E-state index is 12.8. The van der Waals surface area contributed by atoms with Crippen molar-refractivity contribution in [3.05, 3.63) is 63.4 Å². The largest absolute Gasteiger partial charge is 0.381 e. The van der Waals surface area contributed by atoms with Crippen molar-refractivity contribution in [2.45, 2.75) is 13.0 Å². The molecule has 2 rings (SSSR count). The molecule has 2 aromatic rings. The minimum atomic E-state index is -0.490. The second-order valence-electron chi connectivity index (χ2n) is 4.54. The van der Waals surface area contributed by atoms with Crippen LogP contribution in [0.5, 0.6) is 0 Å². The Hall–Kier alpha value is -1.78. The van der Waals surface area contributed by atoms with Gasteiger partial charge >= 0.3 is 0 Å². The van der Waals surface area contributed by atoms with E-state index in [-0.39, 0.29) is 12.2 Å². The zero-order valence-corrected chi connectivity index (χ0v) is 12.5. The SMILES string of the molecule is NC(=O)Cc1c(Cl)cc(CNc2ccc(F)cc2)cc1Cl. The Morgan fingerprint density at radius 1 is 1.14 bits per heavy atom. The summed E-state index contributed by atoms with van der Waals surface area (Å²) in [4.78, 5) is 11.0. The Kier molecular flexibility index (Phi) is 5.04. The topological polar surface area (TPSA) is 55.1 Å². The Balaban J connectivity index is 2.10. The predicted octanol–water partition coefficient (Wildman–Crippen LogP) is 3.77. The van der Waals surface area contributed by atoms with Crippen molar-refractivity contribution < 1.29 is 9.18 Å². The van der Waals surface area contributed by atoms with Crippen LogP contribution in [-0.2, 0) is 17.8 Å². The van der Waals surface area contributed by atoms with Gasteiger partial charge in [-0.15, -0.1) is 0 Å². The third kappa shape index (κ3) is 4.34. The number of nitrogens with one attached hydrogen (secondary N) is 1. The fourth-order valence-electron chi connectivity index (χ4n) is 1.87. The van der Waals surface area contributed by atoms with Gasteiger partial charge in [0.1, 0.15) is 5.82 Å². The van der Waals surface area contributed by atoms with Crippen molar-refractivity contribution in [2.24, 2.45) is 5.73 Å². The van der Waals surface area contributed by atoms with Crippen LogP contribution in [0.4, 0.5) is 10.1 Å². The van der Waals surface area contributed by atoms with Crippen molar-refractivity contribution in [3.8, 4) is 0 Å². The monoisotopic (exact) mass is 326 g/mol. The molecule has 2 aromatic carbocycles. The molecule has 3 N–H and O–H groups in total. The number of halogens is 3. The molecule has 0 spiro atoms. The summed E-state index contributed by atoms with van der Waals surface area (Å²) in [5, 5.41) is 3.93. The van der Waals surface area contributed by atoms with Gasteiger partial charge in [0, 0.05) is 22.3 Å². The molecule has 110 valence electrons. The fourth-order valence-corrected chi connectivity index (χ4v) is 2.54. The molecule has 0 saturated heterocycles. The first kappa shape index (κ1) is 15.6. The number of nitrogens with two attached hydrogens (primary N) is 1. The summed E-state index contributed by atoms with van der Waals surface area (Å²) in [5.41, 5.74) is 7.30. The first-order valence-electron chi connectivity index (χ1n) is 6.20. The average Bonchev–Trinajstić information content (AvgIpc) is 2.42. The minimum absolute atomic E-state index is 0.00331. The van der Waals surface area contributed by atoms with Crippen LogP contribution >= 0.6 is 23.2 Å². The van der Waals surface area contributed by atoms with Crippen molar-refractivity contribution in [1.29, 1.82) is 0 Å². The number of anilines is 1. The number of hydrogen-bond acceptors (Lipinski definition) is 2. The number of carbonyl (C=O) groups excluding carboxylic acids is 1. The van der Waals surface area contributed by atoms with Crippen molar-refractivity contribution in [2.75, 3.05) is 5.32 Å². The van der Waals surface area contributed by atoms with Gasteiger partial charge in [-0.3, -0.25) is 4.79 Å². The molecule has 0 radical (unpaired) electrons. The third-order valence-electron chi connectivity index (χ3n) is 2.89. The molecule has 0 aromatic heterocycles. The Morgan fingerprint density at radius 2 is 1.71 bits per heavy atom. The molecule has 0 aliphatic heterocycles. The molecule has 0 aliphatic rings. The highest BCUT2D eigenvalue weighted by Crippen LogP contribution is 2.27. The molecular formula is C15H13Cl2FN2O. The van der Waals surface area contributed by atoms with E-state index >= 15 is 0 Å². The highest BCUT2D eigenvalue weighted by Gasteiger charge is 2.10. The molecule has 0 aliphatic carbocycles. The second-order valence-corrected chi connectivity index (χ2v) is 5.36. The van der Waals surface area contributed by atoms with Crippen LogP contribution in [0, 0.1) is 5.82 Å². The highest BCUT2D eigenvalue weighted by molar-refractivity contribution is 6.36. The average molecular weight is 327 g/mol. The van der Waals surface area contributed by atoms with Gasteiger partial charge in [-0.1, -0.05) is 23.2 Å². The van der Waals surface area contributed by atoms with Crippen molar-refractivity contribution >= 4 is 34.8 Å². The van der Waals surface area contributed by atoms with Gasteiger partial charge in [-0.25, -0.2) is 4.39 Å². The van der Waals surface area contributed by atoms with E-state index in [1.165, 1.54) is 12.1 Å². The summed E-state index contributed by atoms with van der Waals surface area (Å²) in [6.07, 6.45) is 0.00331. The number of rotatable bonds is 5. The number of hydrogen-bond donors (Lipinski definition) is 2. The van der Waals surface area contributed by atoms with E-state index in [1.54, 1.807) is 24.3 Å². The van der Waals surface area contributed by atoms with Gasteiger partial charge in [0.15, 0.2) is 0 Å². The fraction of sp³-hybridized carbons (Fsp3) is 0.133. The lowest BCUT2D eigenvalue weighted by Gasteiger charge is -2.10. The maximum Gasteiger partial charge on any atom is 0.221 e. The van der Waals surface area contributed by atoms with Crippen molar-refractivity contribution in [1.82, 2.24) is 0 Å². The molecule has 1 amide bonds. The molecule has 0 bridgehead atoms. The second kappa shape index (κ2) is 6.78. The van der Waals surface area contributed by atoms with E-state index in [0.717, 1.165) is 11.3 Å². The molecule has 21 heavy (non-hydrogen) atoms. The minimum Gasteiger partial charge on any atom is -0.381 e. The zero-order valence-electron chi connectivity index (χ0n) is 11.0. The van der Waals surface area contributed by atoms with Gasteiger partial charge in [0.25, 0.3) is 0 Å². The van der Waals surface area contributed by atoms with Crippen LogP contribution in [0.2, 0.25) is 10.0 Å². The third-order valence-corrected chi connectivity index (χ3v) is 3.57. The molecule has 0 unspecified atom stereocenters. The smallest absolute Gasteiger partial charge is 0.221 e. The molecule has 0 fully saturated rings. The zero-order chi connectivity index (χ0) is 15.4. The van der Waals surface area contributed by atoms with Crippen molar-refractivity contribution in [3.63, 3.8) is 0 Å². The van der Waals surface area contributed by atoms with Gasteiger partial charge in [-0.2, -0.15) is 0 Å². The number of carbonyl (C=O) groups is 1. The van der Waals surface area contributed by atoms with E-state index < -0.39 is 5.91 Å². The van der Waals surface area contributed by atoms with Crippen LogP contribution in [-0.4, -0.2) is 5.91 Å². The number of primary amides is 1. The number of amides is 1. The van der Waals surface area contributed by atoms with E-state index in [1.807, 2.05) is 0 Å². The molecular weight excluding hydrogens is 314 g/mol. The first-order chi connectivity index (χ1) is 9.95. The lowest BCUT2D eigenvalue weighted by molar-refractivity contribution is -0.117. The summed E-state index contributed by atoms with van der Waals surface area (Å²) >= 11 is 12.2. The Morgan fingerprint density at radius 3 is 2.24 bits per heavy atom. The Labute approximate surface area is 131 Å². The lowest BCUT2D eigenvalue weighted by Crippen LogP contribution is -2.14. The summed E-state index contributed by atoms with van der Waals surface area (Å²) in [6.45, 7) is 0.474. The molecule has 3 nitrogen and oxygen atoms in total. The van der Waals surface area contributed by atoms with Crippen LogP contribution in [0.1, 0.15) is 11.1 Å². The van der Waals surface area contributed by atoms with E-state index in [4.69, 9.17) is 28.9 Å². The van der Waals surface area contributed by atoms with E-state index in [2.05, 4.69) is 5.32 Å². The molecule has 0 heterocycles. The quantitative estimate of drug-likeness (QED) is 0.878. The van der Waals surface area contributed by atoms with Gasteiger partial charge in [0.2, 0.25) is 5.91 Å². The highest BCUT2D eigenvalue weighted by atomic mass is 35.5. The van der Waals surface area contributed by atoms with E-state index in [0.29, 0.717) is 22.2 Å². The van der Waals surface area contributed by atoms with E-state index in [9.17, 15) is 9.18 Å². The van der Waals surface area contributed by atoms with Crippen LogP contribution in [0.3, 0.4) is 0 Å². The van der Waals surface area contributed by atoms with Crippen LogP contribution in [0.15, 0.2) is 36.4 Å². The van der Waals surface area contributed by atoms with Gasteiger partial charge < -0.3 is 11.1 Å². The standard InChI is InChI=1S/C15H13Cl2FN2O/c16-13-5-9(6-14(17)12(13)7-15(19)21)8-20-11-3-1-10(18)2-4-11/h1-6,20H,7-8H2,(H2,19,21). The lowest BCUT2D eigenvalue weighted by atomic mass is 10.1. The maximum absolute atomic E-state index is 12.8. The normalized spacial score (nSPS) is 10.4. The Bertz CT molecular complexity index is 636. The first-order valence-corrected chi connectivity index (χ1v) is 6.96.